The Morgan fingerprint density at radius 3 is 2.70 bits per heavy atom. The molecule has 4 amide bonds. The quantitative estimate of drug-likeness (QED) is 0.336. The van der Waals surface area contributed by atoms with Gasteiger partial charge < -0.3 is 35.8 Å². The van der Waals surface area contributed by atoms with Crippen LogP contribution < -0.4 is 21.3 Å². The van der Waals surface area contributed by atoms with E-state index in [0.29, 0.717) is 37.9 Å². The summed E-state index contributed by atoms with van der Waals surface area (Å²) < 4.78 is 1.95. The van der Waals surface area contributed by atoms with Gasteiger partial charge in [-0.05, 0) is 56.9 Å². The van der Waals surface area contributed by atoms with Crippen LogP contribution in [-0.2, 0) is 29.0 Å². The van der Waals surface area contributed by atoms with Gasteiger partial charge in [0.15, 0.2) is 0 Å². The first kappa shape index (κ1) is 29.2. The Morgan fingerprint density at radius 2 is 1.93 bits per heavy atom. The molecule has 1 aromatic carbocycles. The van der Waals surface area contributed by atoms with Crippen LogP contribution in [0.2, 0.25) is 0 Å². The van der Waals surface area contributed by atoms with E-state index in [1.54, 1.807) is 25.3 Å². The molecule has 0 saturated heterocycles. The number of rotatable bonds is 2. The monoisotopic (exact) mass is 553 g/mol. The number of hydrogen-bond acceptors (Lipinski definition) is 7. The Bertz CT molecular complexity index is 1230. The van der Waals surface area contributed by atoms with Gasteiger partial charge in [0, 0.05) is 56.9 Å². The molecule has 0 unspecified atom stereocenters. The molecule has 1 aromatic heterocycles. The van der Waals surface area contributed by atoms with Gasteiger partial charge in [0.25, 0.3) is 11.8 Å². The van der Waals surface area contributed by atoms with E-state index in [0.717, 1.165) is 30.0 Å². The number of hydrogen-bond donors (Lipinski definition) is 5. The van der Waals surface area contributed by atoms with Gasteiger partial charge in [0.2, 0.25) is 11.8 Å². The third-order valence-corrected chi connectivity index (χ3v) is 7.25. The molecule has 216 valence electrons. The minimum Gasteiger partial charge on any atom is -0.391 e. The maximum Gasteiger partial charge on any atom is 0.274 e. The van der Waals surface area contributed by atoms with Crippen LogP contribution in [0.15, 0.2) is 24.4 Å². The second-order valence-corrected chi connectivity index (χ2v) is 10.6. The lowest BCUT2D eigenvalue weighted by Crippen LogP contribution is -2.56. The fourth-order valence-corrected chi connectivity index (χ4v) is 5.01. The summed E-state index contributed by atoms with van der Waals surface area (Å²) in [6, 6.07) is 3.49. The molecule has 2 aliphatic rings. The lowest BCUT2D eigenvalue weighted by atomic mass is 10.00. The highest BCUT2D eigenvalue weighted by molar-refractivity contribution is 5.98. The molecular weight excluding hydrogens is 514 g/mol. The van der Waals surface area contributed by atoms with E-state index < -0.39 is 35.9 Å². The van der Waals surface area contributed by atoms with E-state index in [4.69, 9.17) is 0 Å². The Morgan fingerprint density at radius 1 is 1.12 bits per heavy atom. The normalized spacial score (nSPS) is 22.2. The Hall–Kier alpha value is -3.77. The predicted octanol–water partition coefficient (Wildman–Crippen LogP) is -0.474. The molecule has 2 aliphatic heterocycles. The number of fused-ring (bicyclic) bond motifs is 3. The fourth-order valence-electron chi connectivity index (χ4n) is 5.01. The molecule has 0 saturated carbocycles. The van der Waals surface area contributed by atoms with Gasteiger partial charge in [-0.1, -0.05) is 6.07 Å². The highest BCUT2D eigenvalue weighted by Gasteiger charge is 2.30. The van der Waals surface area contributed by atoms with Crippen molar-refractivity contribution < 1.29 is 24.3 Å². The molecular formula is C28H39N7O5. The SMILES string of the molecule is Cc1ccc2cc1CCCNC(=O)CN(C(=O)c1cn3c(n1)CCNCC3)C[C@@H](C)NC(=O)[C@H]([C@@H](C)O)NC2=O. The number of nitrogens with zero attached hydrogens (tertiary/aromatic N) is 3. The molecule has 4 rings (SSSR count). The molecule has 0 aliphatic carbocycles. The van der Waals surface area contributed by atoms with Crippen molar-refractivity contribution in [1.82, 2.24) is 35.7 Å². The minimum atomic E-state index is -1.21. The van der Waals surface area contributed by atoms with Gasteiger partial charge in [-0.25, -0.2) is 4.98 Å². The van der Waals surface area contributed by atoms with E-state index >= 15 is 0 Å². The summed E-state index contributed by atoms with van der Waals surface area (Å²) in [5.74, 6) is -0.983. The van der Waals surface area contributed by atoms with Gasteiger partial charge in [0.1, 0.15) is 17.6 Å². The van der Waals surface area contributed by atoms with Crippen molar-refractivity contribution in [2.75, 3.05) is 32.7 Å². The summed E-state index contributed by atoms with van der Waals surface area (Å²) in [7, 11) is 0. The van der Waals surface area contributed by atoms with Crippen molar-refractivity contribution in [3.63, 3.8) is 0 Å². The number of nitrogens with one attached hydrogen (secondary N) is 4. The zero-order valence-corrected chi connectivity index (χ0v) is 23.3. The Labute approximate surface area is 233 Å². The maximum atomic E-state index is 13.6. The molecule has 2 aromatic rings. The minimum absolute atomic E-state index is 0.0299. The van der Waals surface area contributed by atoms with Gasteiger partial charge in [-0.15, -0.1) is 0 Å². The van der Waals surface area contributed by atoms with Crippen LogP contribution in [0, 0.1) is 6.92 Å². The van der Waals surface area contributed by atoms with Crippen LogP contribution >= 0.6 is 0 Å². The average Bonchev–Trinajstić information content (AvgIpc) is 3.18. The molecule has 40 heavy (non-hydrogen) atoms. The number of aryl methyl sites for hydroxylation is 2. The number of aromatic nitrogens is 2. The molecule has 3 heterocycles. The van der Waals surface area contributed by atoms with Crippen molar-refractivity contribution in [3.8, 4) is 0 Å². The zero-order valence-electron chi connectivity index (χ0n) is 23.3. The topological polar surface area (TPSA) is 158 Å². The lowest BCUT2D eigenvalue weighted by Gasteiger charge is -2.27. The molecule has 3 atom stereocenters. The number of carbonyl (C=O) groups is 4. The van der Waals surface area contributed by atoms with Crippen molar-refractivity contribution in [2.24, 2.45) is 0 Å². The molecule has 2 bridgehead atoms. The number of aliphatic hydroxyl groups is 1. The third-order valence-electron chi connectivity index (χ3n) is 7.25. The molecule has 0 spiro atoms. The largest absolute Gasteiger partial charge is 0.391 e. The number of imidazole rings is 1. The average molecular weight is 554 g/mol. The summed E-state index contributed by atoms with van der Waals surface area (Å²) in [5, 5.41) is 21.9. The van der Waals surface area contributed by atoms with E-state index in [1.165, 1.54) is 11.8 Å². The second-order valence-electron chi connectivity index (χ2n) is 10.6. The zero-order chi connectivity index (χ0) is 28.8. The van der Waals surface area contributed by atoms with E-state index in [-0.39, 0.29) is 24.7 Å². The second kappa shape index (κ2) is 13.1. The molecule has 0 fully saturated rings. The Kier molecular flexibility index (Phi) is 9.54. The van der Waals surface area contributed by atoms with Crippen LogP contribution in [-0.4, -0.2) is 94.1 Å². The van der Waals surface area contributed by atoms with Crippen LogP contribution in [0.25, 0.3) is 0 Å². The van der Waals surface area contributed by atoms with Crippen LogP contribution in [0.5, 0.6) is 0 Å². The summed E-state index contributed by atoms with van der Waals surface area (Å²) in [6.07, 6.45) is 2.50. The molecule has 5 N–H and O–H groups in total. The van der Waals surface area contributed by atoms with Gasteiger partial charge in [0.05, 0.1) is 12.6 Å². The van der Waals surface area contributed by atoms with Crippen LogP contribution in [0.3, 0.4) is 0 Å². The van der Waals surface area contributed by atoms with Crippen molar-refractivity contribution in [3.05, 3.63) is 52.6 Å². The van der Waals surface area contributed by atoms with E-state index in [9.17, 15) is 24.3 Å². The van der Waals surface area contributed by atoms with Gasteiger partial charge in [-0.2, -0.15) is 0 Å². The molecule has 0 radical (unpaired) electrons. The fraction of sp³-hybridized carbons (Fsp3) is 0.536. The standard InChI is InChI=1S/C28H39N7O5/c1-17-6-7-21-13-20(17)5-4-9-30-24(37)16-35(14-18(2)31-27(39)25(19(3)36)33-26(21)38)28(40)22-15-34-12-11-29-10-8-23(34)32-22/h6-7,13,15,18-19,25,29,36H,4-5,8-12,14,16H2,1-3H3,(H,30,37)(H,31,39)(H,33,38)/t18-,19-,25+/m1/s1. The van der Waals surface area contributed by atoms with Crippen molar-refractivity contribution in [1.29, 1.82) is 0 Å². The smallest absolute Gasteiger partial charge is 0.274 e. The summed E-state index contributed by atoms with van der Waals surface area (Å²) in [4.78, 5) is 58.5. The van der Waals surface area contributed by atoms with E-state index in [2.05, 4.69) is 26.3 Å². The van der Waals surface area contributed by atoms with Gasteiger partial charge in [-0.3, -0.25) is 19.2 Å². The maximum absolute atomic E-state index is 13.6. The first-order valence-corrected chi connectivity index (χ1v) is 13.8. The van der Waals surface area contributed by atoms with E-state index in [1.807, 2.05) is 17.6 Å². The number of aliphatic hydroxyl groups excluding tert-OH is 1. The van der Waals surface area contributed by atoms with Gasteiger partial charge >= 0.3 is 0 Å². The first-order chi connectivity index (χ1) is 19.1. The molecule has 12 heteroatoms. The summed E-state index contributed by atoms with van der Waals surface area (Å²) >= 11 is 0. The highest BCUT2D eigenvalue weighted by atomic mass is 16.3. The van der Waals surface area contributed by atoms with Crippen molar-refractivity contribution in [2.45, 2.75) is 64.8 Å². The Balaban J connectivity index is 1.58. The third kappa shape index (κ3) is 7.24. The lowest BCUT2D eigenvalue weighted by molar-refractivity contribution is -0.126. The van der Waals surface area contributed by atoms with Crippen molar-refractivity contribution >= 4 is 23.6 Å². The highest BCUT2D eigenvalue weighted by Crippen LogP contribution is 2.15. The summed E-state index contributed by atoms with van der Waals surface area (Å²) in [5.41, 5.74) is 2.58. The molecule has 12 nitrogen and oxygen atoms in total. The van der Waals surface area contributed by atoms with Crippen LogP contribution in [0.1, 0.15) is 58.1 Å². The first-order valence-electron chi connectivity index (χ1n) is 13.8. The number of carbonyl (C=O) groups excluding carboxylic acids is 4. The predicted molar refractivity (Wildman–Crippen MR) is 148 cm³/mol. The number of benzene rings is 1. The summed E-state index contributed by atoms with van der Waals surface area (Å²) in [6.45, 7) is 7.54. The number of amides is 4. The van der Waals surface area contributed by atoms with Crippen LogP contribution in [0.4, 0.5) is 0 Å².